The number of dihydropyridines is 1. The third-order valence-electron chi connectivity index (χ3n) is 2.56. The number of piperidine rings is 1. The van der Waals surface area contributed by atoms with Crippen molar-refractivity contribution in [2.24, 2.45) is 5.41 Å². The standard InChI is InChI=1S/C9H14N2/c1-5-10-6-2-9(1)3-7-11-8-4-9/h1-2,5-6,10-11H,3-4,7-8H2. The monoisotopic (exact) mass is 150 g/mol. The van der Waals surface area contributed by atoms with Gasteiger partial charge in [0.25, 0.3) is 0 Å². The number of allylic oxidation sites excluding steroid dienone is 2. The van der Waals surface area contributed by atoms with E-state index in [0.29, 0.717) is 5.41 Å². The summed E-state index contributed by atoms with van der Waals surface area (Å²) in [6, 6.07) is 0. The molecule has 60 valence electrons. The zero-order chi connectivity index (χ0) is 7.57. The van der Waals surface area contributed by atoms with Crippen molar-refractivity contribution in [1.29, 1.82) is 0 Å². The van der Waals surface area contributed by atoms with Crippen molar-refractivity contribution in [3.63, 3.8) is 0 Å². The highest BCUT2D eigenvalue weighted by Gasteiger charge is 2.26. The van der Waals surface area contributed by atoms with Gasteiger partial charge in [0.05, 0.1) is 0 Å². The summed E-state index contributed by atoms with van der Waals surface area (Å²) < 4.78 is 0. The summed E-state index contributed by atoms with van der Waals surface area (Å²) in [4.78, 5) is 0. The number of nitrogens with one attached hydrogen (secondary N) is 2. The van der Waals surface area contributed by atoms with Crippen molar-refractivity contribution in [1.82, 2.24) is 10.6 Å². The maximum absolute atomic E-state index is 3.37. The molecule has 2 heterocycles. The second-order valence-electron chi connectivity index (χ2n) is 3.32. The average Bonchev–Trinajstić information content (AvgIpc) is 2.07. The first kappa shape index (κ1) is 6.92. The van der Waals surface area contributed by atoms with Crippen LogP contribution in [0.3, 0.4) is 0 Å². The zero-order valence-electron chi connectivity index (χ0n) is 6.64. The predicted molar refractivity (Wildman–Crippen MR) is 46.0 cm³/mol. The molecule has 2 N–H and O–H groups in total. The fraction of sp³-hybridized carbons (Fsp3) is 0.556. The minimum absolute atomic E-state index is 0.372. The van der Waals surface area contributed by atoms with Crippen molar-refractivity contribution in [3.05, 3.63) is 24.6 Å². The average molecular weight is 150 g/mol. The van der Waals surface area contributed by atoms with E-state index >= 15 is 0 Å². The number of hydrogen-bond donors (Lipinski definition) is 2. The minimum Gasteiger partial charge on any atom is -0.368 e. The Morgan fingerprint density at radius 2 is 1.64 bits per heavy atom. The van der Waals surface area contributed by atoms with Crippen LogP contribution in [-0.2, 0) is 0 Å². The first-order valence-corrected chi connectivity index (χ1v) is 4.24. The Morgan fingerprint density at radius 1 is 1.00 bits per heavy atom. The van der Waals surface area contributed by atoms with E-state index in [9.17, 15) is 0 Å². The van der Waals surface area contributed by atoms with E-state index in [4.69, 9.17) is 0 Å². The van der Waals surface area contributed by atoms with Gasteiger partial charge in [0.2, 0.25) is 0 Å². The molecule has 2 aliphatic rings. The summed E-state index contributed by atoms with van der Waals surface area (Å²) in [5, 5.41) is 6.44. The first-order chi connectivity index (χ1) is 5.41. The SMILES string of the molecule is C1=CC2(C=CN1)CCNCC2. The third-order valence-corrected chi connectivity index (χ3v) is 2.56. The van der Waals surface area contributed by atoms with Crippen LogP contribution in [0.15, 0.2) is 24.6 Å². The van der Waals surface area contributed by atoms with Crippen LogP contribution in [0.1, 0.15) is 12.8 Å². The molecule has 11 heavy (non-hydrogen) atoms. The molecule has 0 aromatic carbocycles. The predicted octanol–water partition coefficient (Wildman–Crippen LogP) is 0.987. The van der Waals surface area contributed by atoms with Gasteiger partial charge in [0.15, 0.2) is 0 Å². The highest BCUT2D eigenvalue weighted by molar-refractivity contribution is 5.16. The smallest absolute Gasteiger partial charge is 0.0120 e. The van der Waals surface area contributed by atoms with Gasteiger partial charge in [0, 0.05) is 5.41 Å². The normalized spacial score (nSPS) is 26.9. The van der Waals surface area contributed by atoms with E-state index in [2.05, 4.69) is 22.8 Å². The first-order valence-electron chi connectivity index (χ1n) is 4.24. The molecule has 2 nitrogen and oxygen atoms in total. The highest BCUT2D eigenvalue weighted by Crippen LogP contribution is 2.32. The molecular formula is C9H14N2. The molecule has 0 aliphatic carbocycles. The van der Waals surface area contributed by atoms with E-state index < -0.39 is 0 Å². The van der Waals surface area contributed by atoms with Crippen molar-refractivity contribution >= 4 is 0 Å². The van der Waals surface area contributed by atoms with E-state index in [1.807, 2.05) is 12.4 Å². The Morgan fingerprint density at radius 3 is 2.27 bits per heavy atom. The summed E-state index contributed by atoms with van der Waals surface area (Å²) >= 11 is 0. The van der Waals surface area contributed by atoms with Gasteiger partial charge in [-0.1, -0.05) is 12.2 Å². The number of rotatable bonds is 0. The Bertz CT molecular complexity index is 174. The molecule has 1 saturated heterocycles. The molecule has 1 spiro atoms. The highest BCUT2D eigenvalue weighted by atomic mass is 14.9. The molecule has 1 fully saturated rings. The lowest BCUT2D eigenvalue weighted by Crippen LogP contribution is -2.35. The molecule has 0 saturated carbocycles. The van der Waals surface area contributed by atoms with Crippen LogP contribution in [0, 0.1) is 5.41 Å². The van der Waals surface area contributed by atoms with Crippen molar-refractivity contribution in [2.75, 3.05) is 13.1 Å². The van der Waals surface area contributed by atoms with Crippen LogP contribution in [0.2, 0.25) is 0 Å². The fourth-order valence-electron chi connectivity index (χ4n) is 1.76. The summed E-state index contributed by atoms with van der Waals surface area (Å²) in [6.45, 7) is 2.30. The van der Waals surface area contributed by atoms with Gasteiger partial charge in [0.1, 0.15) is 0 Å². The van der Waals surface area contributed by atoms with E-state index in [-0.39, 0.29) is 0 Å². The topological polar surface area (TPSA) is 24.1 Å². The molecule has 0 bridgehead atoms. The van der Waals surface area contributed by atoms with Gasteiger partial charge in [-0.25, -0.2) is 0 Å². The fourth-order valence-corrected chi connectivity index (χ4v) is 1.76. The maximum Gasteiger partial charge on any atom is 0.0120 e. The quantitative estimate of drug-likeness (QED) is 0.538. The van der Waals surface area contributed by atoms with Crippen LogP contribution in [0.4, 0.5) is 0 Å². The largest absolute Gasteiger partial charge is 0.368 e. The van der Waals surface area contributed by atoms with Gasteiger partial charge in [-0.15, -0.1) is 0 Å². The molecule has 0 aromatic rings. The lowest BCUT2D eigenvalue weighted by atomic mass is 9.78. The summed E-state index contributed by atoms with van der Waals surface area (Å²) in [5.74, 6) is 0. The van der Waals surface area contributed by atoms with Crippen LogP contribution < -0.4 is 10.6 Å². The Kier molecular flexibility index (Phi) is 1.70. The van der Waals surface area contributed by atoms with Gasteiger partial charge in [-0.05, 0) is 38.3 Å². The third kappa shape index (κ3) is 1.31. The molecule has 0 amide bonds. The second kappa shape index (κ2) is 2.70. The van der Waals surface area contributed by atoms with Crippen LogP contribution in [-0.4, -0.2) is 13.1 Å². The summed E-state index contributed by atoms with van der Waals surface area (Å²) in [7, 11) is 0. The molecular weight excluding hydrogens is 136 g/mol. The molecule has 2 heteroatoms. The van der Waals surface area contributed by atoms with Gasteiger partial charge >= 0.3 is 0 Å². The second-order valence-corrected chi connectivity index (χ2v) is 3.32. The number of hydrogen-bond acceptors (Lipinski definition) is 2. The molecule has 2 aliphatic heterocycles. The van der Waals surface area contributed by atoms with Crippen LogP contribution in [0.5, 0.6) is 0 Å². The Labute approximate surface area is 67.4 Å². The Balaban J connectivity index is 2.12. The minimum atomic E-state index is 0.372. The molecule has 0 aromatic heterocycles. The van der Waals surface area contributed by atoms with Gasteiger partial charge in [-0.2, -0.15) is 0 Å². The van der Waals surface area contributed by atoms with Crippen molar-refractivity contribution < 1.29 is 0 Å². The van der Waals surface area contributed by atoms with Crippen LogP contribution in [0.25, 0.3) is 0 Å². The van der Waals surface area contributed by atoms with Gasteiger partial charge in [-0.3, -0.25) is 0 Å². The van der Waals surface area contributed by atoms with E-state index in [1.165, 1.54) is 12.8 Å². The molecule has 0 atom stereocenters. The van der Waals surface area contributed by atoms with Crippen molar-refractivity contribution in [2.45, 2.75) is 12.8 Å². The van der Waals surface area contributed by atoms with E-state index in [1.54, 1.807) is 0 Å². The zero-order valence-corrected chi connectivity index (χ0v) is 6.64. The Hall–Kier alpha value is -0.760. The molecule has 0 radical (unpaired) electrons. The van der Waals surface area contributed by atoms with Crippen molar-refractivity contribution in [3.8, 4) is 0 Å². The lowest BCUT2D eigenvalue weighted by Gasteiger charge is -2.33. The van der Waals surface area contributed by atoms with Gasteiger partial charge < -0.3 is 10.6 Å². The summed E-state index contributed by atoms with van der Waals surface area (Å²) in [5.41, 5.74) is 0.372. The molecule has 0 unspecified atom stereocenters. The molecule has 2 rings (SSSR count). The summed E-state index contributed by atoms with van der Waals surface area (Å²) in [6.07, 6.45) is 11.1. The lowest BCUT2D eigenvalue weighted by molar-refractivity contribution is 0.338. The van der Waals surface area contributed by atoms with E-state index in [0.717, 1.165) is 13.1 Å². The maximum atomic E-state index is 3.37. The van der Waals surface area contributed by atoms with Crippen LogP contribution >= 0.6 is 0 Å².